The number of ether oxygens (including phenoxy) is 3. The number of benzene rings is 2. The van der Waals surface area contributed by atoms with E-state index in [4.69, 9.17) is 14.2 Å². The van der Waals surface area contributed by atoms with Crippen LogP contribution in [0.5, 0.6) is 17.2 Å². The number of likely N-dealkylation sites (tertiary alicyclic amines) is 2. The van der Waals surface area contributed by atoms with Crippen LogP contribution in [0, 0.1) is 0 Å². The normalized spacial score (nSPS) is 17.3. The van der Waals surface area contributed by atoms with Crippen LogP contribution in [0.3, 0.4) is 0 Å². The van der Waals surface area contributed by atoms with Crippen LogP contribution in [-0.4, -0.2) is 67.7 Å². The van der Waals surface area contributed by atoms with Gasteiger partial charge >= 0.3 is 0 Å². The molecule has 0 radical (unpaired) electrons. The van der Waals surface area contributed by atoms with Crippen molar-refractivity contribution in [3.05, 3.63) is 54.1 Å². The third kappa shape index (κ3) is 5.74. The number of carbonyl (C=O) groups excluding carboxylic acids is 1. The highest BCUT2D eigenvalue weighted by Crippen LogP contribution is 2.30. The van der Waals surface area contributed by atoms with Gasteiger partial charge < -0.3 is 24.0 Å². The fourth-order valence-electron chi connectivity index (χ4n) is 4.58. The van der Waals surface area contributed by atoms with Gasteiger partial charge in [0.2, 0.25) is 0 Å². The maximum Gasteiger partial charge on any atom is 0.253 e. The maximum atomic E-state index is 13.1. The van der Waals surface area contributed by atoms with Crippen molar-refractivity contribution in [3.63, 3.8) is 0 Å². The molecule has 0 aromatic heterocycles. The zero-order valence-electron chi connectivity index (χ0n) is 19.0. The highest BCUT2D eigenvalue weighted by Gasteiger charge is 2.29. The molecule has 6 nitrogen and oxygen atoms in total. The minimum atomic E-state index is 0.0739. The first-order chi connectivity index (χ1) is 15.7. The molecule has 2 aromatic rings. The lowest BCUT2D eigenvalue weighted by Gasteiger charge is -2.36. The summed E-state index contributed by atoms with van der Waals surface area (Å²) in [6.07, 6.45) is 4.75. The molecule has 2 aromatic carbocycles. The molecule has 2 aliphatic rings. The largest absolute Gasteiger partial charge is 0.490 e. The molecule has 6 heteroatoms. The van der Waals surface area contributed by atoms with Gasteiger partial charge in [0.15, 0.2) is 11.5 Å². The average Bonchev–Trinajstić information content (AvgIpc) is 3.38. The number of rotatable bonds is 9. The SMILES string of the molecule is CCOc1cc(C(=O)N2CCC(N3CCCC3)CC2)ccc1OCCOc1ccccc1. The summed E-state index contributed by atoms with van der Waals surface area (Å²) in [5.41, 5.74) is 0.654. The van der Waals surface area contributed by atoms with E-state index in [-0.39, 0.29) is 5.91 Å². The van der Waals surface area contributed by atoms with E-state index in [1.807, 2.05) is 60.4 Å². The number of piperidine rings is 1. The smallest absolute Gasteiger partial charge is 0.253 e. The minimum absolute atomic E-state index is 0.0739. The van der Waals surface area contributed by atoms with Gasteiger partial charge in [0.25, 0.3) is 5.91 Å². The summed E-state index contributed by atoms with van der Waals surface area (Å²) < 4.78 is 17.3. The van der Waals surface area contributed by atoms with Crippen LogP contribution < -0.4 is 14.2 Å². The Morgan fingerprint density at radius 2 is 1.59 bits per heavy atom. The van der Waals surface area contributed by atoms with E-state index < -0.39 is 0 Å². The summed E-state index contributed by atoms with van der Waals surface area (Å²) in [4.78, 5) is 17.7. The maximum absolute atomic E-state index is 13.1. The van der Waals surface area contributed by atoms with E-state index in [2.05, 4.69) is 4.90 Å². The minimum Gasteiger partial charge on any atom is -0.490 e. The van der Waals surface area contributed by atoms with Gasteiger partial charge in [0.05, 0.1) is 6.61 Å². The van der Waals surface area contributed by atoms with Gasteiger partial charge in [-0.05, 0) is 76.0 Å². The second-order valence-electron chi connectivity index (χ2n) is 8.37. The van der Waals surface area contributed by atoms with Crippen molar-refractivity contribution in [2.75, 3.05) is 46.0 Å². The van der Waals surface area contributed by atoms with Gasteiger partial charge in [0.1, 0.15) is 19.0 Å². The summed E-state index contributed by atoms with van der Waals surface area (Å²) in [7, 11) is 0. The van der Waals surface area contributed by atoms with Crippen LogP contribution in [0.4, 0.5) is 0 Å². The Labute approximate surface area is 191 Å². The molecular formula is C26H34N2O4. The van der Waals surface area contributed by atoms with Gasteiger partial charge in [-0.25, -0.2) is 0 Å². The van der Waals surface area contributed by atoms with Crippen molar-refractivity contribution in [2.45, 2.75) is 38.6 Å². The van der Waals surface area contributed by atoms with Crippen molar-refractivity contribution in [2.24, 2.45) is 0 Å². The first-order valence-corrected chi connectivity index (χ1v) is 11.9. The Kier molecular flexibility index (Phi) is 7.88. The fraction of sp³-hybridized carbons (Fsp3) is 0.500. The third-order valence-corrected chi connectivity index (χ3v) is 6.25. The molecule has 2 fully saturated rings. The van der Waals surface area contributed by atoms with Crippen LogP contribution in [0.2, 0.25) is 0 Å². The average molecular weight is 439 g/mol. The predicted octanol–water partition coefficient (Wildman–Crippen LogP) is 4.24. The van der Waals surface area contributed by atoms with Crippen LogP contribution >= 0.6 is 0 Å². The Morgan fingerprint density at radius 1 is 0.875 bits per heavy atom. The van der Waals surface area contributed by atoms with Crippen molar-refractivity contribution < 1.29 is 19.0 Å². The standard InChI is InChI=1S/C26H34N2O4/c1-2-30-25-20-21(10-11-24(25)32-19-18-31-23-8-4-3-5-9-23)26(29)28-16-12-22(13-17-28)27-14-6-7-15-27/h3-5,8-11,20,22H,2,6-7,12-19H2,1H3. The zero-order valence-corrected chi connectivity index (χ0v) is 19.0. The zero-order chi connectivity index (χ0) is 22.2. The molecule has 4 rings (SSSR count). The van der Waals surface area contributed by atoms with Crippen LogP contribution in [0.15, 0.2) is 48.5 Å². The summed E-state index contributed by atoms with van der Waals surface area (Å²) in [5.74, 6) is 2.12. The lowest BCUT2D eigenvalue weighted by molar-refractivity contribution is 0.0644. The summed E-state index contributed by atoms with van der Waals surface area (Å²) in [6, 6.07) is 15.8. The molecular weight excluding hydrogens is 404 g/mol. The second-order valence-corrected chi connectivity index (χ2v) is 8.37. The quantitative estimate of drug-likeness (QED) is 0.548. The van der Waals surface area contributed by atoms with E-state index in [0.717, 1.165) is 31.7 Å². The lowest BCUT2D eigenvalue weighted by atomic mass is 10.0. The number of hydrogen-bond acceptors (Lipinski definition) is 5. The Balaban J connectivity index is 1.31. The summed E-state index contributed by atoms with van der Waals surface area (Å²) in [5, 5.41) is 0. The first-order valence-electron chi connectivity index (χ1n) is 11.9. The molecule has 0 N–H and O–H groups in total. The number of amides is 1. The third-order valence-electron chi connectivity index (χ3n) is 6.25. The Bertz CT molecular complexity index is 859. The Hall–Kier alpha value is -2.73. The summed E-state index contributed by atoms with van der Waals surface area (Å²) in [6.45, 7) is 7.34. The topological polar surface area (TPSA) is 51.2 Å². The number of carbonyl (C=O) groups is 1. The van der Waals surface area contributed by atoms with Crippen molar-refractivity contribution in [1.29, 1.82) is 0 Å². The highest BCUT2D eigenvalue weighted by molar-refractivity contribution is 5.95. The van der Waals surface area contributed by atoms with Gasteiger partial charge in [-0.15, -0.1) is 0 Å². The van der Waals surface area contributed by atoms with E-state index in [0.29, 0.717) is 42.9 Å². The second kappa shape index (κ2) is 11.2. The molecule has 2 aliphatic heterocycles. The first kappa shape index (κ1) is 22.5. The van der Waals surface area contributed by atoms with Crippen LogP contribution in [0.1, 0.15) is 43.0 Å². The molecule has 0 unspecified atom stereocenters. The monoisotopic (exact) mass is 438 g/mol. The predicted molar refractivity (Wildman–Crippen MR) is 125 cm³/mol. The van der Waals surface area contributed by atoms with E-state index in [1.165, 1.54) is 25.9 Å². The van der Waals surface area contributed by atoms with Crippen molar-refractivity contribution in [1.82, 2.24) is 9.80 Å². The van der Waals surface area contributed by atoms with Gasteiger partial charge in [-0.1, -0.05) is 18.2 Å². The highest BCUT2D eigenvalue weighted by atomic mass is 16.5. The molecule has 0 saturated carbocycles. The Morgan fingerprint density at radius 3 is 2.31 bits per heavy atom. The molecule has 32 heavy (non-hydrogen) atoms. The molecule has 0 aliphatic carbocycles. The van der Waals surface area contributed by atoms with Crippen LogP contribution in [0.25, 0.3) is 0 Å². The molecule has 2 heterocycles. The summed E-state index contributed by atoms with van der Waals surface area (Å²) >= 11 is 0. The lowest BCUT2D eigenvalue weighted by Crippen LogP contribution is -2.45. The molecule has 0 spiro atoms. The number of hydrogen-bond donors (Lipinski definition) is 0. The molecule has 1 amide bonds. The molecule has 0 bridgehead atoms. The van der Waals surface area contributed by atoms with Gasteiger partial charge in [0, 0.05) is 24.7 Å². The van der Waals surface area contributed by atoms with Gasteiger partial charge in [-0.2, -0.15) is 0 Å². The number of nitrogens with zero attached hydrogens (tertiary/aromatic N) is 2. The molecule has 0 atom stereocenters. The van der Waals surface area contributed by atoms with E-state index >= 15 is 0 Å². The van der Waals surface area contributed by atoms with Crippen molar-refractivity contribution in [3.8, 4) is 17.2 Å². The fourth-order valence-corrected chi connectivity index (χ4v) is 4.58. The van der Waals surface area contributed by atoms with Crippen LogP contribution in [-0.2, 0) is 0 Å². The van der Waals surface area contributed by atoms with Gasteiger partial charge in [-0.3, -0.25) is 4.79 Å². The van der Waals surface area contributed by atoms with Crippen molar-refractivity contribution >= 4 is 5.91 Å². The van der Waals surface area contributed by atoms with E-state index in [1.54, 1.807) is 0 Å². The number of para-hydroxylation sites is 1. The van der Waals surface area contributed by atoms with E-state index in [9.17, 15) is 4.79 Å². The molecule has 172 valence electrons. The molecule has 2 saturated heterocycles.